The molecule has 3 heteroatoms. The molecule has 1 rings (SSSR count). The molecule has 0 fully saturated rings. The van der Waals surface area contributed by atoms with Crippen molar-refractivity contribution in [3.63, 3.8) is 0 Å². The molecule has 0 bridgehead atoms. The van der Waals surface area contributed by atoms with Crippen LogP contribution in [0, 0.1) is 0 Å². The second-order valence-corrected chi connectivity index (χ2v) is 2.04. The molecule has 0 aromatic carbocycles. The van der Waals surface area contributed by atoms with Crippen LogP contribution < -0.4 is 5.32 Å². The minimum atomic E-state index is 0.000000000000000222. The van der Waals surface area contributed by atoms with Crippen molar-refractivity contribution in [1.82, 2.24) is 10.2 Å². The molecule has 0 aromatic heterocycles. The van der Waals surface area contributed by atoms with Crippen LogP contribution in [0.5, 0.6) is 0 Å². The Labute approximate surface area is 54.3 Å². The van der Waals surface area contributed by atoms with E-state index >= 15 is 0 Å². The Kier molecular flexibility index (Phi) is 1.72. The minimum absolute atomic E-state index is 0.000000000000000222. The van der Waals surface area contributed by atoms with E-state index in [2.05, 4.69) is 5.32 Å². The van der Waals surface area contributed by atoms with Gasteiger partial charge in [0, 0.05) is 20.1 Å². The van der Waals surface area contributed by atoms with Gasteiger partial charge in [0.2, 0.25) is 0 Å². The average molecular weight is 126 g/mol. The lowest BCUT2D eigenvalue weighted by atomic mass is 10.5. The summed E-state index contributed by atoms with van der Waals surface area (Å²) in [4.78, 5) is 12.4. The molecule has 0 saturated carbocycles. The Morgan fingerprint density at radius 2 is 2.44 bits per heavy atom. The van der Waals surface area contributed by atoms with Crippen molar-refractivity contribution in [2.24, 2.45) is 0 Å². The zero-order valence-corrected chi connectivity index (χ0v) is 5.42. The SMILES string of the molecule is CN1CC=CCNC1=O. The van der Waals surface area contributed by atoms with Crippen LogP contribution in [0.4, 0.5) is 4.79 Å². The smallest absolute Gasteiger partial charge is 0.317 e. The number of urea groups is 1. The molecular formula is C6H10N2O. The zero-order chi connectivity index (χ0) is 6.69. The Bertz CT molecular complexity index is 142. The number of carbonyl (C=O) groups excluding carboxylic acids is 1. The van der Waals surface area contributed by atoms with Gasteiger partial charge in [-0.05, 0) is 0 Å². The Balaban J connectivity index is 2.52. The lowest BCUT2D eigenvalue weighted by Gasteiger charge is -2.11. The number of carbonyl (C=O) groups is 1. The largest absolute Gasteiger partial charge is 0.335 e. The lowest BCUT2D eigenvalue weighted by Crippen LogP contribution is -2.35. The fraction of sp³-hybridized carbons (Fsp3) is 0.500. The van der Waals surface area contributed by atoms with Crippen molar-refractivity contribution >= 4 is 6.03 Å². The Hall–Kier alpha value is -0.990. The van der Waals surface area contributed by atoms with E-state index in [1.54, 1.807) is 11.9 Å². The average Bonchev–Trinajstić information content (AvgIpc) is 1.99. The third-order valence-electron chi connectivity index (χ3n) is 1.26. The monoisotopic (exact) mass is 126 g/mol. The highest BCUT2D eigenvalue weighted by Gasteiger charge is 2.05. The summed E-state index contributed by atoms with van der Waals surface area (Å²) in [6, 6.07) is 0.000000000000000222. The van der Waals surface area contributed by atoms with E-state index in [1.165, 1.54) is 0 Å². The second kappa shape index (κ2) is 2.53. The van der Waals surface area contributed by atoms with Crippen LogP contribution in [-0.4, -0.2) is 31.1 Å². The molecule has 0 aliphatic carbocycles. The van der Waals surface area contributed by atoms with E-state index in [4.69, 9.17) is 0 Å². The first-order valence-electron chi connectivity index (χ1n) is 2.94. The van der Waals surface area contributed by atoms with Gasteiger partial charge in [0.15, 0.2) is 0 Å². The summed E-state index contributed by atoms with van der Waals surface area (Å²) in [7, 11) is 1.77. The number of amides is 2. The lowest BCUT2D eigenvalue weighted by molar-refractivity contribution is 0.215. The predicted molar refractivity (Wildman–Crippen MR) is 35.2 cm³/mol. The number of rotatable bonds is 0. The van der Waals surface area contributed by atoms with Crippen molar-refractivity contribution in [2.45, 2.75) is 0 Å². The van der Waals surface area contributed by atoms with E-state index in [0.717, 1.165) is 0 Å². The maximum atomic E-state index is 10.8. The summed E-state index contributed by atoms with van der Waals surface area (Å²) in [5, 5.41) is 2.69. The van der Waals surface area contributed by atoms with Crippen molar-refractivity contribution in [3.05, 3.63) is 12.2 Å². The van der Waals surface area contributed by atoms with Gasteiger partial charge in [0.05, 0.1) is 0 Å². The normalized spacial score (nSPS) is 19.2. The maximum Gasteiger partial charge on any atom is 0.317 e. The van der Waals surface area contributed by atoms with Gasteiger partial charge in [-0.25, -0.2) is 4.79 Å². The third-order valence-corrected chi connectivity index (χ3v) is 1.26. The highest BCUT2D eigenvalue weighted by molar-refractivity contribution is 5.74. The van der Waals surface area contributed by atoms with Gasteiger partial charge in [-0.2, -0.15) is 0 Å². The molecule has 0 spiro atoms. The molecule has 2 amide bonds. The van der Waals surface area contributed by atoms with E-state index in [1.807, 2.05) is 12.2 Å². The summed E-state index contributed by atoms with van der Waals surface area (Å²) in [6.07, 6.45) is 3.92. The highest BCUT2D eigenvalue weighted by atomic mass is 16.2. The third kappa shape index (κ3) is 1.45. The van der Waals surface area contributed by atoms with Crippen LogP contribution in [0.1, 0.15) is 0 Å². The quantitative estimate of drug-likeness (QED) is 0.462. The molecule has 1 N–H and O–H groups in total. The van der Waals surface area contributed by atoms with Crippen LogP contribution in [0.25, 0.3) is 0 Å². The predicted octanol–water partition coefficient (Wildman–Crippen LogP) is 0.198. The maximum absolute atomic E-state index is 10.8. The van der Waals surface area contributed by atoms with Gasteiger partial charge in [-0.15, -0.1) is 0 Å². The summed E-state index contributed by atoms with van der Waals surface area (Å²) < 4.78 is 0. The first-order valence-corrected chi connectivity index (χ1v) is 2.94. The van der Waals surface area contributed by atoms with Gasteiger partial charge >= 0.3 is 6.03 Å². The van der Waals surface area contributed by atoms with Crippen molar-refractivity contribution in [3.8, 4) is 0 Å². The molecule has 1 aliphatic heterocycles. The molecule has 3 nitrogen and oxygen atoms in total. The van der Waals surface area contributed by atoms with Gasteiger partial charge in [-0.3, -0.25) is 0 Å². The summed E-state index contributed by atoms with van der Waals surface area (Å²) in [5.41, 5.74) is 0. The van der Waals surface area contributed by atoms with Gasteiger partial charge < -0.3 is 10.2 Å². The molecule has 1 heterocycles. The molecule has 9 heavy (non-hydrogen) atoms. The zero-order valence-electron chi connectivity index (χ0n) is 5.42. The number of hydrogen-bond acceptors (Lipinski definition) is 1. The highest BCUT2D eigenvalue weighted by Crippen LogP contribution is 1.88. The fourth-order valence-electron chi connectivity index (χ4n) is 0.680. The van der Waals surface area contributed by atoms with E-state index in [9.17, 15) is 4.79 Å². The fourth-order valence-corrected chi connectivity index (χ4v) is 0.680. The molecule has 0 saturated heterocycles. The van der Waals surface area contributed by atoms with Crippen molar-refractivity contribution < 1.29 is 4.79 Å². The van der Waals surface area contributed by atoms with Crippen LogP contribution in [-0.2, 0) is 0 Å². The van der Waals surface area contributed by atoms with Crippen molar-refractivity contribution in [2.75, 3.05) is 20.1 Å². The summed E-state index contributed by atoms with van der Waals surface area (Å²) >= 11 is 0. The van der Waals surface area contributed by atoms with Crippen LogP contribution in [0.3, 0.4) is 0 Å². The summed E-state index contributed by atoms with van der Waals surface area (Å²) in [6.45, 7) is 1.37. The van der Waals surface area contributed by atoms with Crippen molar-refractivity contribution in [1.29, 1.82) is 0 Å². The van der Waals surface area contributed by atoms with E-state index in [0.29, 0.717) is 13.1 Å². The van der Waals surface area contributed by atoms with Gasteiger partial charge in [0.1, 0.15) is 0 Å². The molecular weight excluding hydrogens is 116 g/mol. The molecule has 0 radical (unpaired) electrons. The first-order chi connectivity index (χ1) is 4.30. The molecule has 0 atom stereocenters. The van der Waals surface area contributed by atoms with Gasteiger partial charge in [0.25, 0.3) is 0 Å². The van der Waals surface area contributed by atoms with Crippen LogP contribution in [0.15, 0.2) is 12.2 Å². The standard InChI is InChI=1S/C6H10N2O/c1-8-5-3-2-4-7-6(8)9/h2-3H,4-5H2,1H3,(H,7,9). The van der Waals surface area contributed by atoms with E-state index in [-0.39, 0.29) is 6.03 Å². The van der Waals surface area contributed by atoms with E-state index < -0.39 is 0 Å². The summed E-state index contributed by atoms with van der Waals surface area (Å²) in [5.74, 6) is 0. The number of nitrogens with one attached hydrogen (secondary N) is 1. The number of likely N-dealkylation sites (N-methyl/N-ethyl adjacent to an activating group) is 1. The Morgan fingerprint density at radius 3 is 3.22 bits per heavy atom. The second-order valence-electron chi connectivity index (χ2n) is 2.04. The topological polar surface area (TPSA) is 32.3 Å². The Morgan fingerprint density at radius 1 is 1.67 bits per heavy atom. The van der Waals surface area contributed by atoms with Gasteiger partial charge in [-0.1, -0.05) is 12.2 Å². The minimum Gasteiger partial charge on any atom is -0.335 e. The number of hydrogen-bond donors (Lipinski definition) is 1. The van der Waals surface area contributed by atoms with Crippen LogP contribution >= 0.6 is 0 Å². The van der Waals surface area contributed by atoms with Crippen LogP contribution in [0.2, 0.25) is 0 Å². The number of nitrogens with zero attached hydrogens (tertiary/aromatic N) is 1. The molecule has 0 unspecified atom stereocenters. The first kappa shape index (κ1) is 6.13. The molecule has 0 aromatic rings. The molecule has 1 aliphatic rings. The molecule has 50 valence electrons.